The molecule has 0 bridgehead atoms. The van der Waals surface area contributed by atoms with Crippen LogP contribution in [0.25, 0.3) is 11.0 Å². The van der Waals surface area contributed by atoms with Gasteiger partial charge in [-0.15, -0.1) is 0 Å². The van der Waals surface area contributed by atoms with Crippen LogP contribution in [-0.2, 0) is 16.4 Å². The van der Waals surface area contributed by atoms with Crippen LogP contribution < -0.4 is 14.8 Å². The first-order valence-electron chi connectivity index (χ1n) is 9.88. The van der Waals surface area contributed by atoms with Gasteiger partial charge in [0.1, 0.15) is 16.5 Å². The zero-order valence-corrected chi connectivity index (χ0v) is 18.3. The summed E-state index contributed by atoms with van der Waals surface area (Å²) in [4.78, 5) is 8.50. The molecular formula is C23H21FN4O3S. The third-order valence-corrected chi connectivity index (χ3v) is 6.17. The quantitative estimate of drug-likeness (QED) is 0.415. The molecular weight excluding hydrogens is 431 g/mol. The van der Waals surface area contributed by atoms with Crippen LogP contribution in [0.15, 0.2) is 71.6 Å². The van der Waals surface area contributed by atoms with Crippen LogP contribution in [0.1, 0.15) is 12.5 Å². The number of nitrogens with zero attached hydrogens (tertiary/aromatic N) is 2. The van der Waals surface area contributed by atoms with Gasteiger partial charge in [-0.2, -0.15) is 0 Å². The molecule has 32 heavy (non-hydrogen) atoms. The molecule has 0 saturated carbocycles. The minimum atomic E-state index is -4.25. The highest BCUT2D eigenvalue weighted by Crippen LogP contribution is 2.30. The van der Waals surface area contributed by atoms with Crippen LogP contribution in [0.4, 0.5) is 21.7 Å². The average Bonchev–Trinajstić information content (AvgIpc) is 2.79. The minimum absolute atomic E-state index is 0.0483. The molecule has 0 atom stereocenters. The molecule has 2 N–H and O–H groups in total. The Bertz CT molecular complexity index is 1370. The number of anilines is 3. The van der Waals surface area contributed by atoms with Crippen molar-refractivity contribution in [2.24, 2.45) is 0 Å². The van der Waals surface area contributed by atoms with Gasteiger partial charge in [-0.05, 0) is 48.4 Å². The van der Waals surface area contributed by atoms with Gasteiger partial charge < -0.3 is 10.1 Å². The number of rotatable bonds is 7. The third kappa shape index (κ3) is 4.47. The summed E-state index contributed by atoms with van der Waals surface area (Å²) in [5.74, 6) is -0.0792. The Balaban J connectivity index is 1.80. The Morgan fingerprint density at radius 1 is 0.938 bits per heavy atom. The predicted octanol–water partition coefficient (Wildman–Crippen LogP) is 4.88. The lowest BCUT2D eigenvalue weighted by molar-refractivity contribution is 0.414. The molecule has 0 unspecified atom stereocenters. The topological polar surface area (TPSA) is 93.2 Å². The van der Waals surface area contributed by atoms with Gasteiger partial charge in [0.15, 0.2) is 11.6 Å². The van der Waals surface area contributed by atoms with Crippen molar-refractivity contribution in [2.45, 2.75) is 18.2 Å². The lowest BCUT2D eigenvalue weighted by Crippen LogP contribution is -2.17. The summed E-state index contributed by atoms with van der Waals surface area (Å²) >= 11 is 0. The molecule has 4 aromatic rings. The molecule has 3 aromatic carbocycles. The molecule has 0 fully saturated rings. The van der Waals surface area contributed by atoms with Crippen molar-refractivity contribution in [1.29, 1.82) is 0 Å². The van der Waals surface area contributed by atoms with Crippen LogP contribution in [0, 0.1) is 5.82 Å². The van der Waals surface area contributed by atoms with Crippen molar-refractivity contribution in [2.75, 3.05) is 17.1 Å². The summed E-state index contributed by atoms with van der Waals surface area (Å²) in [6, 6.07) is 17.8. The summed E-state index contributed by atoms with van der Waals surface area (Å²) in [5.41, 5.74) is 2.73. The van der Waals surface area contributed by atoms with Crippen molar-refractivity contribution in [1.82, 2.24) is 9.97 Å². The third-order valence-electron chi connectivity index (χ3n) is 4.80. The number of nitrogens with one attached hydrogen (secondary N) is 2. The van der Waals surface area contributed by atoms with Gasteiger partial charge in [-0.3, -0.25) is 4.72 Å². The minimum Gasteiger partial charge on any atom is -0.497 e. The molecule has 0 spiro atoms. The Morgan fingerprint density at radius 3 is 2.25 bits per heavy atom. The van der Waals surface area contributed by atoms with E-state index in [1.54, 1.807) is 31.4 Å². The smallest absolute Gasteiger partial charge is 0.266 e. The van der Waals surface area contributed by atoms with E-state index in [1.165, 1.54) is 18.2 Å². The molecule has 0 saturated heterocycles. The van der Waals surface area contributed by atoms with Gasteiger partial charge in [0.05, 0.1) is 18.1 Å². The zero-order valence-electron chi connectivity index (χ0n) is 17.5. The van der Waals surface area contributed by atoms with Gasteiger partial charge >= 0.3 is 0 Å². The van der Waals surface area contributed by atoms with Crippen LogP contribution >= 0.6 is 0 Å². The van der Waals surface area contributed by atoms with E-state index in [2.05, 4.69) is 20.0 Å². The highest BCUT2D eigenvalue weighted by atomic mass is 32.2. The first kappa shape index (κ1) is 21.5. The Hall–Kier alpha value is -3.72. The number of methoxy groups -OCH3 is 1. The number of hydrogen-bond donors (Lipinski definition) is 2. The maximum Gasteiger partial charge on any atom is 0.266 e. The second-order valence-electron chi connectivity index (χ2n) is 6.99. The molecule has 0 radical (unpaired) electrons. The van der Waals surface area contributed by atoms with Crippen LogP contribution in [-0.4, -0.2) is 25.5 Å². The van der Waals surface area contributed by atoms with Crippen LogP contribution in [0.2, 0.25) is 0 Å². The van der Waals surface area contributed by atoms with Crippen molar-refractivity contribution in [3.05, 3.63) is 78.1 Å². The SMILES string of the molecule is CCc1cc(Nc2nc3ccccc3nc2NS(=O)(=O)c2ccccc2F)cc(OC)c1. The van der Waals surface area contributed by atoms with Gasteiger partial charge in [0, 0.05) is 11.8 Å². The highest BCUT2D eigenvalue weighted by molar-refractivity contribution is 7.92. The fourth-order valence-electron chi connectivity index (χ4n) is 3.19. The molecule has 1 aromatic heterocycles. The molecule has 4 rings (SSSR count). The van der Waals surface area contributed by atoms with Gasteiger partial charge in [-0.25, -0.2) is 22.8 Å². The fourth-order valence-corrected chi connectivity index (χ4v) is 4.28. The second kappa shape index (κ2) is 8.80. The lowest BCUT2D eigenvalue weighted by Gasteiger charge is -2.15. The van der Waals surface area contributed by atoms with E-state index in [4.69, 9.17) is 4.74 Å². The molecule has 0 aliphatic rings. The summed E-state index contributed by atoms with van der Waals surface area (Å²) in [7, 11) is -2.67. The first-order chi connectivity index (χ1) is 15.4. The van der Waals surface area contributed by atoms with E-state index in [1.807, 2.05) is 25.1 Å². The van der Waals surface area contributed by atoms with E-state index in [9.17, 15) is 12.8 Å². The largest absolute Gasteiger partial charge is 0.497 e. The van der Waals surface area contributed by atoms with E-state index >= 15 is 0 Å². The van der Waals surface area contributed by atoms with Gasteiger partial charge in [-0.1, -0.05) is 31.2 Å². The number of para-hydroxylation sites is 2. The number of halogens is 1. The number of aromatic nitrogens is 2. The van der Waals surface area contributed by atoms with Crippen LogP contribution in [0.5, 0.6) is 5.75 Å². The first-order valence-corrected chi connectivity index (χ1v) is 11.4. The summed E-state index contributed by atoms with van der Waals surface area (Å²) in [6.07, 6.45) is 0.780. The molecule has 7 nitrogen and oxygen atoms in total. The zero-order chi connectivity index (χ0) is 22.7. The Labute approximate surface area is 185 Å². The predicted molar refractivity (Wildman–Crippen MR) is 122 cm³/mol. The van der Waals surface area contributed by atoms with E-state index in [0.29, 0.717) is 22.5 Å². The number of fused-ring (bicyclic) bond motifs is 1. The summed E-state index contributed by atoms with van der Waals surface area (Å²) in [5, 5.41) is 3.13. The number of aryl methyl sites for hydroxylation is 1. The molecule has 164 valence electrons. The highest BCUT2D eigenvalue weighted by Gasteiger charge is 2.22. The van der Waals surface area contributed by atoms with Crippen molar-refractivity contribution >= 4 is 38.4 Å². The molecule has 0 aliphatic heterocycles. The standard InChI is InChI=1S/C23H21FN4O3S/c1-3-15-12-16(14-17(13-15)31-2)25-22-23(27-20-10-6-5-9-19(20)26-22)28-32(29,30)21-11-7-4-8-18(21)24/h4-14H,3H2,1-2H3,(H,25,26)(H,27,28). The van der Waals surface area contributed by atoms with Crippen LogP contribution in [0.3, 0.4) is 0 Å². The average molecular weight is 453 g/mol. The number of ether oxygens (including phenoxy) is 1. The summed E-state index contributed by atoms with van der Waals surface area (Å²) in [6.45, 7) is 2.02. The molecule has 9 heteroatoms. The Morgan fingerprint density at radius 2 is 1.59 bits per heavy atom. The van der Waals surface area contributed by atoms with E-state index in [0.717, 1.165) is 18.1 Å². The van der Waals surface area contributed by atoms with Gasteiger partial charge in [0.2, 0.25) is 0 Å². The number of hydrogen-bond acceptors (Lipinski definition) is 6. The normalized spacial score (nSPS) is 11.3. The molecule has 0 aliphatic carbocycles. The maximum absolute atomic E-state index is 14.2. The van der Waals surface area contributed by atoms with E-state index < -0.39 is 20.7 Å². The lowest BCUT2D eigenvalue weighted by atomic mass is 10.1. The van der Waals surface area contributed by atoms with Gasteiger partial charge in [0.25, 0.3) is 10.0 Å². The summed E-state index contributed by atoms with van der Waals surface area (Å²) < 4.78 is 47.7. The number of sulfonamides is 1. The molecule has 1 heterocycles. The second-order valence-corrected chi connectivity index (χ2v) is 8.64. The fraction of sp³-hybridized carbons (Fsp3) is 0.130. The number of benzene rings is 3. The Kier molecular flexibility index (Phi) is 5.91. The van der Waals surface area contributed by atoms with Crippen molar-refractivity contribution in [3.63, 3.8) is 0 Å². The molecule has 0 amide bonds. The van der Waals surface area contributed by atoms with Crippen molar-refractivity contribution < 1.29 is 17.5 Å². The van der Waals surface area contributed by atoms with E-state index in [-0.39, 0.29) is 11.6 Å². The maximum atomic E-state index is 14.2. The van der Waals surface area contributed by atoms with Crippen molar-refractivity contribution in [3.8, 4) is 5.75 Å². The monoisotopic (exact) mass is 452 g/mol.